The van der Waals surface area contributed by atoms with E-state index >= 15 is 0 Å². The highest BCUT2D eigenvalue weighted by atomic mass is 19.1. The molecule has 0 aromatic heterocycles. The molecule has 0 radical (unpaired) electrons. The van der Waals surface area contributed by atoms with Gasteiger partial charge in [0, 0.05) is 6.04 Å². The van der Waals surface area contributed by atoms with Gasteiger partial charge in [0.1, 0.15) is 5.82 Å². The highest BCUT2D eigenvalue weighted by Crippen LogP contribution is 2.38. The first-order valence-corrected chi connectivity index (χ1v) is 5.91. The van der Waals surface area contributed by atoms with Crippen molar-refractivity contribution in [3.05, 3.63) is 35.6 Å². The predicted octanol–water partition coefficient (Wildman–Crippen LogP) is 2.06. The second kappa shape index (κ2) is 4.15. The molecule has 0 spiro atoms. The molecule has 1 saturated carbocycles. The second-order valence-electron chi connectivity index (χ2n) is 4.79. The van der Waals surface area contributed by atoms with Crippen LogP contribution in [0, 0.1) is 5.82 Å². The van der Waals surface area contributed by atoms with Crippen molar-refractivity contribution < 1.29 is 9.13 Å². The van der Waals surface area contributed by atoms with E-state index in [0.29, 0.717) is 18.0 Å². The molecule has 2 fully saturated rings. The van der Waals surface area contributed by atoms with Gasteiger partial charge in [-0.05, 0) is 30.4 Å². The van der Waals surface area contributed by atoms with Crippen LogP contribution in [0.2, 0.25) is 0 Å². The van der Waals surface area contributed by atoms with Crippen LogP contribution in [0.3, 0.4) is 0 Å². The van der Waals surface area contributed by atoms with Gasteiger partial charge in [0.05, 0.1) is 19.3 Å². The first kappa shape index (κ1) is 10.2. The first-order valence-electron chi connectivity index (χ1n) is 5.91. The number of benzene rings is 1. The van der Waals surface area contributed by atoms with Crippen molar-refractivity contribution in [1.82, 2.24) is 5.32 Å². The van der Waals surface area contributed by atoms with E-state index in [9.17, 15) is 4.39 Å². The number of nitrogens with one attached hydrogen (secondary N) is 1. The van der Waals surface area contributed by atoms with Crippen LogP contribution >= 0.6 is 0 Å². The normalized spacial score (nSPS) is 29.6. The van der Waals surface area contributed by atoms with Gasteiger partial charge in [0.15, 0.2) is 0 Å². The van der Waals surface area contributed by atoms with Crippen molar-refractivity contribution in [3.8, 4) is 0 Å². The molecule has 1 N–H and O–H groups in total. The molecule has 3 rings (SSSR count). The predicted molar refractivity (Wildman–Crippen MR) is 59.9 cm³/mol. The van der Waals surface area contributed by atoms with Gasteiger partial charge in [0.2, 0.25) is 0 Å². The summed E-state index contributed by atoms with van der Waals surface area (Å²) in [6.45, 7) is 1.67. The molecule has 1 heterocycles. The van der Waals surface area contributed by atoms with E-state index in [0.717, 1.165) is 31.6 Å². The van der Waals surface area contributed by atoms with E-state index in [1.807, 2.05) is 12.1 Å². The quantitative estimate of drug-likeness (QED) is 0.843. The minimum absolute atomic E-state index is 0.0575. The summed E-state index contributed by atoms with van der Waals surface area (Å²) in [5.41, 5.74) is 0.880. The number of hydrogen-bond acceptors (Lipinski definition) is 2. The molecule has 86 valence electrons. The number of halogens is 1. The van der Waals surface area contributed by atoms with E-state index in [2.05, 4.69) is 5.32 Å². The molecule has 1 aromatic rings. The Labute approximate surface area is 94.8 Å². The van der Waals surface area contributed by atoms with Crippen molar-refractivity contribution in [2.45, 2.75) is 30.8 Å². The van der Waals surface area contributed by atoms with Gasteiger partial charge < -0.3 is 10.1 Å². The standard InChI is InChI=1S/C13H16FNO/c14-13-4-2-1-3-12(13)9-5-10(6-9)15-11-7-16-8-11/h1-4,9-11,15H,5-8H2. The van der Waals surface area contributed by atoms with Crippen molar-refractivity contribution in [1.29, 1.82) is 0 Å². The van der Waals surface area contributed by atoms with Crippen LogP contribution in [0.15, 0.2) is 24.3 Å². The monoisotopic (exact) mass is 221 g/mol. The zero-order chi connectivity index (χ0) is 11.0. The van der Waals surface area contributed by atoms with Crippen LogP contribution in [-0.2, 0) is 4.74 Å². The van der Waals surface area contributed by atoms with Crippen LogP contribution in [-0.4, -0.2) is 25.3 Å². The van der Waals surface area contributed by atoms with Crippen molar-refractivity contribution in [2.24, 2.45) is 0 Å². The van der Waals surface area contributed by atoms with Crippen molar-refractivity contribution >= 4 is 0 Å². The van der Waals surface area contributed by atoms with Crippen molar-refractivity contribution in [2.75, 3.05) is 13.2 Å². The van der Waals surface area contributed by atoms with E-state index in [1.54, 1.807) is 12.1 Å². The Morgan fingerprint density at radius 3 is 2.50 bits per heavy atom. The molecule has 0 unspecified atom stereocenters. The van der Waals surface area contributed by atoms with E-state index in [1.165, 1.54) is 0 Å². The molecule has 2 aliphatic rings. The molecule has 0 amide bonds. The highest BCUT2D eigenvalue weighted by molar-refractivity contribution is 5.24. The fraction of sp³-hybridized carbons (Fsp3) is 0.538. The summed E-state index contributed by atoms with van der Waals surface area (Å²) in [5, 5.41) is 3.52. The average Bonchev–Trinajstić information content (AvgIpc) is 2.15. The Morgan fingerprint density at radius 2 is 1.88 bits per heavy atom. The van der Waals surface area contributed by atoms with Crippen LogP contribution in [0.1, 0.15) is 24.3 Å². The van der Waals surface area contributed by atoms with Gasteiger partial charge in [-0.25, -0.2) is 4.39 Å². The molecule has 16 heavy (non-hydrogen) atoms. The minimum Gasteiger partial charge on any atom is -0.378 e. The van der Waals surface area contributed by atoms with Gasteiger partial charge in [-0.3, -0.25) is 0 Å². The molecule has 0 bridgehead atoms. The summed E-state index contributed by atoms with van der Waals surface area (Å²) in [6.07, 6.45) is 2.11. The Hall–Kier alpha value is -0.930. The summed E-state index contributed by atoms with van der Waals surface area (Å²) in [6, 6.07) is 8.21. The van der Waals surface area contributed by atoms with Crippen LogP contribution in [0.4, 0.5) is 4.39 Å². The second-order valence-corrected chi connectivity index (χ2v) is 4.79. The molecule has 1 aliphatic heterocycles. The molecular formula is C13H16FNO. The van der Waals surface area contributed by atoms with E-state index in [-0.39, 0.29) is 5.82 Å². The maximum atomic E-state index is 13.5. The topological polar surface area (TPSA) is 21.3 Å². The maximum Gasteiger partial charge on any atom is 0.126 e. The Kier molecular flexibility index (Phi) is 2.65. The highest BCUT2D eigenvalue weighted by Gasteiger charge is 2.34. The lowest BCUT2D eigenvalue weighted by Crippen LogP contribution is -2.53. The number of ether oxygens (including phenoxy) is 1. The SMILES string of the molecule is Fc1ccccc1C1CC(NC2COC2)C1. The lowest BCUT2D eigenvalue weighted by Gasteiger charge is -2.41. The minimum atomic E-state index is -0.0575. The van der Waals surface area contributed by atoms with Gasteiger partial charge in [-0.1, -0.05) is 18.2 Å². The van der Waals surface area contributed by atoms with Crippen LogP contribution in [0.5, 0.6) is 0 Å². The van der Waals surface area contributed by atoms with Crippen LogP contribution < -0.4 is 5.32 Å². The van der Waals surface area contributed by atoms with Crippen molar-refractivity contribution in [3.63, 3.8) is 0 Å². The molecule has 2 nitrogen and oxygen atoms in total. The molecule has 1 aliphatic carbocycles. The number of hydrogen-bond donors (Lipinski definition) is 1. The van der Waals surface area contributed by atoms with Gasteiger partial charge in [0.25, 0.3) is 0 Å². The lowest BCUT2D eigenvalue weighted by atomic mass is 9.75. The summed E-state index contributed by atoms with van der Waals surface area (Å²) in [5.74, 6) is 0.345. The van der Waals surface area contributed by atoms with Crippen LogP contribution in [0.25, 0.3) is 0 Å². The Balaban J connectivity index is 1.54. The van der Waals surface area contributed by atoms with Gasteiger partial charge in [-0.15, -0.1) is 0 Å². The molecule has 1 saturated heterocycles. The third-order valence-corrected chi connectivity index (χ3v) is 3.59. The van der Waals surface area contributed by atoms with Gasteiger partial charge >= 0.3 is 0 Å². The third-order valence-electron chi connectivity index (χ3n) is 3.59. The Bertz CT molecular complexity index is 372. The number of rotatable bonds is 3. The first-order chi connectivity index (χ1) is 7.83. The third kappa shape index (κ3) is 1.85. The summed E-state index contributed by atoms with van der Waals surface area (Å²) < 4.78 is 18.6. The summed E-state index contributed by atoms with van der Waals surface area (Å²) >= 11 is 0. The molecule has 1 aromatic carbocycles. The Morgan fingerprint density at radius 1 is 1.12 bits per heavy atom. The van der Waals surface area contributed by atoms with E-state index < -0.39 is 0 Å². The fourth-order valence-corrected chi connectivity index (χ4v) is 2.48. The van der Waals surface area contributed by atoms with Gasteiger partial charge in [-0.2, -0.15) is 0 Å². The molecule has 0 atom stereocenters. The smallest absolute Gasteiger partial charge is 0.126 e. The zero-order valence-electron chi connectivity index (χ0n) is 9.16. The van der Waals surface area contributed by atoms with E-state index in [4.69, 9.17) is 4.74 Å². The summed E-state index contributed by atoms with van der Waals surface area (Å²) in [7, 11) is 0. The molecular weight excluding hydrogens is 205 g/mol. The largest absolute Gasteiger partial charge is 0.378 e. The molecule has 3 heteroatoms. The fourth-order valence-electron chi connectivity index (χ4n) is 2.48. The average molecular weight is 221 g/mol. The maximum absolute atomic E-state index is 13.5. The summed E-state index contributed by atoms with van der Waals surface area (Å²) in [4.78, 5) is 0. The lowest BCUT2D eigenvalue weighted by molar-refractivity contribution is -0.0157. The zero-order valence-corrected chi connectivity index (χ0v) is 9.16.